The van der Waals surface area contributed by atoms with Crippen LogP contribution in [0.15, 0.2) is 18.2 Å². The molecule has 1 aliphatic heterocycles. The monoisotopic (exact) mass is 230 g/mol. The van der Waals surface area contributed by atoms with Gasteiger partial charge in [0.25, 0.3) is 0 Å². The fraction of sp³-hybridized carbons (Fsp3) is 0.455. The maximum absolute atomic E-state index is 13.1. The van der Waals surface area contributed by atoms with Gasteiger partial charge in [0.2, 0.25) is 0 Å². The van der Waals surface area contributed by atoms with E-state index in [-0.39, 0.29) is 11.1 Å². The maximum Gasteiger partial charge on any atom is 0.145 e. The second-order valence-electron chi connectivity index (χ2n) is 3.53. The highest BCUT2D eigenvalue weighted by Gasteiger charge is 2.15. The average molecular weight is 231 g/mol. The van der Waals surface area contributed by atoms with Gasteiger partial charge in [-0.25, -0.2) is 4.39 Å². The van der Waals surface area contributed by atoms with Crippen LogP contribution in [0.3, 0.4) is 0 Å². The Morgan fingerprint density at radius 2 is 2.33 bits per heavy atom. The van der Waals surface area contributed by atoms with Gasteiger partial charge >= 0.3 is 0 Å². The predicted molar refractivity (Wildman–Crippen MR) is 55.9 cm³/mol. The molecule has 0 radical (unpaired) electrons. The first-order valence-electron chi connectivity index (χ1n) is 4.95. The summed E-state index contributed by atoms with van der Waals surface area (Å²) < 4.78 is 23.9. The largest absolute Gasteiger partial charge is 0.488 e. The summed E-state index contributed by atoms with van der Waals surface area (Å²) in [6, 6.07) is 4.47. The summed E-state index contributed by atoms with van der Waals surface area (Å²) in [5.41, 5.74) is 0. The summed E-state index contributed by atoms with van der Waals surface area (Å²) in [5.74, 6) is 0.0540. The minimum Gasteiger partial charge on any atom is -0.488 e. The van der Waals surface area contributed by atoms with Crippen LogP contribution in [0.1, 0.15) is 12.8 Å². The molecule has 1 aromatic carbocycles. The molecule has 0 spiro atoms. The van der Waals surface area contributed by atoms with Crippen molar-refractivity contribution in [2.45, 2.75) is 18.9 Å². The van der Waals surface area contributed by atoms with E-state index in [0.29, 0.717) is 12.4 Å². The minimum absolute atomic E-state index is 0.0272. The van der Waals surface area contributed by atoms with Crippen LogP contribution >= 0.6 is 11.6 Å². The lowest BCUT2D eigenvalue weighted by atomic mass is 10.2. The summed E-state index contributed by atoms with van der Waals surface area (Å²) in [6.45, 7) is 1.36. The molecule has 0 N–H and O–H groups in total. The highest BCUT2D eigenvalue weighted by molar-refractivity contribution is 6.30. The highest BCUT2D eigenvalue weighted by Crippen LogP contribution is 2.22. The molecule has 0 saturated carbocycles. The molecule has 15 heavy (non-hydrogen) atoms. The Morgan fingerprint density at radius 1 is 1.47 bits per heavy atom. The van der Waals surface area contributed by atoms with E-state index in [1.807, 2.05) is 0 Å². The molecule has 1 unspecified atom stereocenters. The second kappa shape index (κ2) is 4.81. The maximum atomic E-state index is 13.1. The smallest absolute Gasteiger partial charge is 0.145 e. The van der Waals surface area contributed by atoms with E-state index in [1.54, 1.807) is 6.07 Å². The first-order valence-corrected chi connectivity index (χ1v) is 5.33. The fourth-order valence-corrected chi connectivity index (χ4v) is 1.66. The molecule has 1 aliphatic rings. The van der Waals surface area contributed by atoms with Crippen molar-refractivity contribution in [2.75, 3.05) is 13.2 Å². The highest BCUT2D eigenvalue weighted by atomic mass is 35.5. The zero-order valence-corrected chi connectivity index (χ0v) is 8.97. The van der Waals surface area contributed by atoms with Crippen LogP contribution in [-0.4, -0.2) is 19.3 Å². The van der Waals surface area contributed by atoms with Gasteiger partial charge in [-0.15, -0.1) is 0 Å². The topological polar surface area (TPSA) is 18.5 Å². The van der Waals surface area contributed by atoms with Gasteiger partial charge in [0, 0.05) is 12.7 Å². The molecular weight excluding hydrogens is 219 g/mol. The second-order valence-corrected chi connectivity index (χ2v) is 3.94. The summed E-state index contributed by atoms with van der Waals surface area (Å²) in [6.07, 6.45) is 1.96. The molecule has 0 bridgehead atoms. The Hall–Kier alpha value is -0.800. The number of halogens is 2. The number of benzene rings is 1. The van der Waals surface area contributed by atoms with Gasteiger partial charge in [0.05, 0.1) is 11.6 Å². The van der Waals surface area contributed by atoms with Crippen molar-refractivity contribution in [3.8, 4) is 5.75 Å². The summed E-state index contributed by atoms with van der Waals surface area (Å²) in [7, 11) is 0. The first kappa shape index (κ1) is 10.7. The summed E-state index contributed by atoms with van der Waals surface area (Å²) >= 11 is 5.57. The molecule has 2 rings (SSSR count). The lowest BCUT2D eigenvalue weighted by Crippen LogP contribution is -2.27. The van der Waals surface area contributed by atoms with Crippen molar-refractivity contribution < 1.29 is 13.9 Å². The van der Waals surface area contributed by atoms with Crippen LogP contribution in [-0.2, 0) is 4.74 Å². The number of rotatable bonds is 2. The van der Waals surface area contributed by atoms with Gasteiger partial charge in [0.1, 0.15) is 17.7 Å². The van der Waals surface area contributed by atoms with E-state index in [2.05, 4.69) is 0 Å². The Kier molecular flexibility index (Phi) is 3.44. The van der Waals surface area contributed by atoms with Crippen molar-refractivity contribution in [3.05, 3.63) is 29.0 Å². The first-order chi connectivity index (χ1) is 7.25. The molecule has 2 nitrogen and oxygen atoms in total. The zero-order valence-electron chi connectivity index (χ0n) is 8.21. The van der Waals surface area contributed by atoms with Crippen LogP contribution in [0.5, 0.6) is 5.75 Å². The Morgan fingerprint density at radius 3 is 3.00 bits per heavy atom. The third-order valence-electron chi connectivity index (χ3n) is 2.31. The third-order valence-corrected chi connectivity index (χ3v) is 2.62. The molecule has 4 heteroatoms. The van der Waals surface area contributed by atoms with Crippen molar-refractivity contribution in [2.24, 2.45) is 0 Å². The standard InChI is InChI=1S/C11H12ClFO2/c12-10-4-3-8(6-11(10)13)15-9-2-1-5-14-7-9/h3-4,6,9H,1-2,5,7H2. The Labute approximate surface area is 92.9 Å². The van der Waals surface area contributed by atoms with Crippen LogP contribution in [0.25, 0.3) is 0 Å². The zero-order chi connectivity index (χ0) is 10.7. The SMILES string of the molecule is Fc1cc(OC2CCCOC2)ccc1Cl. The normalized spacial score (nSPS) is 21.3. The lowest BCUT2D eigenvalue weighted by Gasteiger charge is -2.23. The molecule has 1 saturated heterocycles. The number of ether oxygens (including phenoxy) is 2. The minimum atomic E-state index is -0.453. The van der Waals surface area contributed by atoms with Gasteiger partial charge in [-0.05, 0) is 25.0 Å². The van der Waals surface area contributed by atoms with E-state index < -0.39 is 5.82 Å². The summed E-state index contributed by atoms with van der Waals surface area (Å²) in [5, 5.41) is 0.113. The van der Waals surface area contributed by atoms with E-state index >= 15 is 0 Å². The molecule has 1 heterocycles. The Balaban J connectivity index is 2.00. The molecule has 0 amide bonds. The quantitative estimate of drug-likeness (QED) is 0.778. The number of hydrogen-bond donors (Lipinski definition) is 0. The van der Waals surface area contributed by atoms with E-state index in [1.165, 1.54) is 12.1 Å². The van der Waals surface area contributed by atoms with Crippen LogP contribution in [0.4, 0.5) is 4.39 Å². The van der Waals surface area contributed by atoms with Crippen molar-refractivity contribution in [1.29, 1.82) is 0 Å². The van der Waals surface area contributed by atoms with Gasteiger partial charge in [-0.2, -0.15) is 0 Å². The van der Waals surface area contributed by atoms with E-state index in [9.17, 15) is 4.39 Å². The molecule has 0 aliphatic carbocycles. The molecule has 1 fully saturated rings. The van der Waals surface area contributed by atoms with Crippen molar-refractivity contribution >= 4 is 11.6 Å². The van der Waals surface area contributed by atoms with Crippen molar-refractivity contribution in [3.63, 3.8) is 0 Å². The predicted octanol–water partition coefficient (Wildman–Crippen LogP) is 3.04. The number of hydrogen-bond acceptors (Lipinski definition) is 2. The third kappa shape index (κ3) is 2.83. The fourth-order valence-electron chi connectivity index (χ4n) is 1.55. The molecule has 1 aromatic rings. The van der Waals surface area contributed by atoms with E-state index in [0.717, 1.165) is 19.4 Å². The molecule has 1 atom stereocenters. The van der Waals surface area contributed by atoms with Crippen LogP contribution in [0, 0.1) is 5.82 Å². The van der Waals surface area contributed by atoms with Crippen LogP contribution in [0.2, 0.25) is 5.02 Å². The van der Waals surface area contributed by atoms with Gasteiger partial charge < -0.3 is 9.47 Å². The average Bonchev–Trinajstić information content (AvgIpc) is 2.25. The van der Waals surface area contributed by atoms with Gasteiger partial charge in [0.15, 0.2) is 0 Å². The molecule has 82 valence electrons. The van der Waals surface area contributed by atoms with Gasteiger partial charge in [-0.3, -0.25) is 0 Å². The molecular formula is C11H12ClFO2. The van der Waals surface area contributed by atoms with Gasteiger partial charge in [-0.1, -0.05) is 11.6 Å². The lowest BCUT2D eigenvalue weighted by molar-refractivity contribution is 0.00731. The van der Waals surface area contributed by atoms with E-state index in [4.69, 9.17) is 21.1 Å². The summed E-state index contributed by atoms with van der Waals surface area (Å²) in [4.78, 5) is 0. The molecule has 0 aromatic heterocycles. The Bertz CT molecular complexity index is 337. The van der Waals surface area contributed by atoms with Crippen molar-refractivity contribution in [1.82, 2.24) is 0 Å². The van der Waals surface area contributed by atoms with Crippen LogP contribution < -0.4 is 4.74 Å².